The normalized spacial score (nSPS) is 14.1. The van der Waals surface area contributed by atoms with Crippen molar-refractivity contribution in [1.82, 2.24) is 19.7 Å². The molecular weight excluding hydrogens is 367 g/mol. The van der Waals surface area contributed by atoms with Crippen LogP contribution in [0.15, 0.2) is 48.5 Å². The summed E-state index contributed by atoms with van der Waals surface area (Å²) in [5.41, 5.74) is 10.4. The number of benzene rings is 2. The van der Waals surface area contributed by atoms with Crippen LogP contribution in [0.1, 0.15) is 18.4 Å². The number of aryl methyl sites for hydroxylation is 1. The number of nitrogens with zero attached hydrogens (tertiary/aromatic N) is 5. The van der Waals surface area contributed by atoms with Crippen LogP contribution in [0.25, 0.3) is 28.0 Å². The van der Waals surface area contributed by atoms with Crippen molar-refractivity contribution in [3.63, 3.8) is 0 Å². The third-order valence-corrected chi connectivity index (χ3v) is 5.29. The first-order chi connectivity index (χ1) is 14.1. The number of nitrogens with two attached hydrogens (primary N) is 1. The van der Waals surface area contributed by atoms with E-state index in [0.29, 0.717) is 28.5 Å². The standard InChI is InChI=1S/C22H21FN6/c1-14-6-4-7-15(12-14)19-18-20(24)29(17-9-5-8-16(23)13-17)27-21(18)26-22(25-19)28-10-2-3-11-28/h4-9,12-13H,2-3,10-11,24H2,1H3. The number of nitrogen functional groups attached to an aromatic ring is 1. The predicted octanol–water partition coefficient (Wildman–Crippen LogP) is 4.11. The molecular formula is C22H21FN6. The smallest absolute Gasteiger partial charge is 0.228 e. The van der Waals surface area contributed by atoms with Gasteiger partial charge in [-0.3, -0.25) is 0 Å². The molecule has 0 radical (unpaired) electrons. The van der Waals surface area contributed by atoms with Crippen molar-refractivity contribution >= 4 is 22.8 Å². The maximum Gasteiger partial charge on any atom is 0.228 e. The summed E-state index contributed by atoms with van der Waals surface area (Å²) in [5, 5.41) is 5.29. The Balaban J connectivity index is 1.78. The molecule has 5 rings (SSSR count). The summed E-state index contributed by atoms with van der Waals surface area (Å²) in [6, 6.07) is 14.3. The Morgan fingerprint density at radius 2 is 1.79 bits per heavy atom. The lowest BCUT2D eigenvalue weighted by Gasteiger charge is -2.16. The highest BCUT2D eigenvalue weighted by atomic mass is 19.1. The van der Waals surface area contributed by atoms with Gasteiger partial charge < -0.3 is 10.6 Å². The van der Waals surface area contributed by atoms with Crippen molar-refractivity contribution in [3.8, 4) is 16.9 Å². The van der Waals surface area contributed by atoms with Crippen LogP contribution in [0, 0.1) is 12.7 Å². The third-order valence-electron chi connectivity index (χ3n) is 5.29. The fourth-order valence-corrected chi connectivity index (χ4v) is 3.86. The third kappa shape index (κ3) is 3.08. The van der Waals surface area contributed by atoms with Gasteiger partial charge in [0.05, 0.1) is 16.8 Å². The molecule has 7 heteroatoms. The van der Waals surface area contributed by atoms with Crippen molar-refractivity contribution in [1.29, 1.82) is 0 Å². The van der Waals surface area contributed by atoms with Crippen molar-refractivity contribution in [3.05, 3.63) is 59.9 Å². The molecule has 0 amide bonds. The number of anilines is 2. The Kier molecular flexibility index (Phi) is 4.16. The van der Waals surface area contributed by atoms with Crippen LogP contribution in [0.5, 0.6) is 0 Å². The molecule has 3 heterocycles. The maximum atomic E-state index is 13.8. The highest BCUT2D eigenvalue weighted by Gasteiger charge is 2.23. The van der Waals surface area contributed by atoms with E-state index in [4.69, 9.17) is 15.7 Å². The Labute approximate surface area is 167 Å². The number of halogens is 1. The Morgan fingerprint density at radius 3 is 2.55 bits per heavy atom. The molecule has 0 spiro atoms. The van der Waals surface area contributed by atoms with Crippen LogP contribution in [0.3, 0.4) is 0 Å². The van der Waals surface area contributed by atoms with E-state index in [1.165, 1.54) is 16.8 Å². The number of hydrogen-bond acceptors (Lipinski definition) is 5. The minimum absolute atomic E-state index is 0.343. The lowest BCUT2D eigenvalue weighted by molar-refractivity contribution is 0.625. The molecule has 1 aliphatic rings. The molecule has 0 atom stereocenters. The van der Waals surface area contributed by atoms with Gasteiger partial charge in [-0.1, -0.05) is 29.8 Å². The van der Waals surface area contributed by atoms with Crippen molar-refractivity contribution in [2.45, 2.75) is 19.8 Å². The molecule has 4 aromatic rings. The first-order valence-corrected chi connectivity index (χ1v) is 9.74. The van der Waals surface area contributed by atoms with Crippen LogP contribution >= 0.6 is 0 Å². The Hall–Kier alpha value is -3.48. The molecule has 0 unspecified atom stereocenters. The van der Waals surface area contributed by atoms with E-state index in [2.05, 4.69) is 16.1 Å². The van der Waals surface area contributed by atoms with Crippen molar-refractivity contribution in [2.75, 3.05) is 23.7 Å². The van der Waals surface area contributed by atoms with E-state index in [0.717, 1.165) is 42.8 Å². The SMILES string of the molecule is Cc1cccc(-c2nc(N3CCCC3)nc3nn(-c4cccc(F)c4)c(N)c23)c1. The van der Waals surface area contributed by atoms with Gasteiger partial charge in [-0.2, -0.15) is 4.98 Å². The molecule has 1 fully saturated rings. The van der Waals surface area contributed by atoms with Crippen LogP contribution in [-0.4, -0.2) is 32.8 Å². The summed E-state index contributed by atoms with van der Waals surface area (Å²) in [6.07, 6.45) is 2.25. The summed E-state index contributed by atoms with van der Waals surface area (Å²) in [7, 11) is 0. The minimum Gasteiger partial charge on any atom is -0.383 e. The quantitative estimate of drug-likeness (QED) is 0.572. The van der Waals surface area contributed by atoms with E-state index in [1.807, 2.05) is 25.1 Å². The monoisotopic (exact) mass is 388 g/mol. The predicted molar refractivity (Wildman–Crippen MR) is 113 cm³/mol. The van der Waals surface area contributed by atoms with Crippen LogP contribution in [-0.2, 0) is 0 Å². The minimum atomic E-state index is -0.343. The summed E-state index contributed by atoms with van der Waals surface area (Å²) in [4.78, 5) is 11.8. The van der Waals surface area contributed by atoms with Crippen molar-refractivity contribution < 1.29 is 4.39 Å². The zero-order chi connectivity index (χ0) is 20.0. The first kappa shape index (κ1) is 17.6. The molecule has 2 aromatic heterocycles. The molecule has 1 saturated heterocycles. The second kappa shape index (κ2) is 6.84. The summed E-state index contributed by atoms with van der Waals surface area (Å²) < 4.78 is 15.3. The van der Waals surface area contributed by atoms with Gasteiger partial charge in [-0.05, 0) is 44.0 Å². The summed E-state index contributed by atoms with van der Waals surface area (Å²) in [6.45, 7) is 3.90. The molecule has 2 N–H and O–H groups in total. The molecule has 0 saturated carbocycles. The molecule has 1 aliphatic heterocycles. The van der Waals surface area contributed by atoms with Gasteiger partial charge in [0.25, 0.3) is 0 Å². The number of fused-ring (bicyclic) bond motifs is 1. The van der Waals surface area contributed by atoms with Gasteiger partial charge in [-0.25, -0.2) is 14.1 Å². The Bertz CT molecular complexity index is 1210. The highest BCUT2D eigenvalue weighted by Crippen LogP contribution is 2.34. The molecule has 0 bridgehead atoms. The average molecular weight is 388 g/mol. The van der Waals surface area contributed by atoms with E-state index >= 15 is 0 Å². The summed E-state index contributed by atoms with van der Waals surface area (Å²) in [5.74, 6) is 0.717. The largest absolute Gasteiger partial charge is 0.383 e. The molecule has 6 nitrogen and oxygen atoms in total. The van der Waals surface area contributed by atoms with Crippen molar-refractivity contribution in [2.24, 2.45) is 0 Å². The molecule has 29 heavy (non-hydrogen) atoms. The Morgan fingerprint density at radius 1 is 1.00 bits per heavy atom. The van der Waals surface area contributed by atoms with Crippen LogP contribution in [0.2, 0.25) is 0 Å². The topological polar surface area (TPSA) is 72.9 Å². The van der Waals surface area contributed by atoms with Crippen LogP contribution < -0.4 is 10.6 Å². The second-order valence-corrected chi connectivity index (χ2v) is 7.41. The van der Waals surface area contributed by atoms with Gasteiger partial charge in [0.15, 0.2) is 5.65 Å². The average Bonchev–Trinajstić information content (AvgIpc) is 3.36. The first-order valence-electron chi connectivity index (χ1n) is 9.74. The lowest BCUT2D eigenvalue weighted by atomic mass is 10.1. The zero-order valence-corrected chi connectivity index (χ0v) is 16.1. The lowest BCUT2D eigenvalue weighted by Crippen LogP contribution is -2.20. The maximum absolute atomic E-state index is 13.8. The van der Waals surface area contributed by atoms with Gasteiger partial charge >= 0.3 is 0 Å². The van der Waals surface area contributed by atoms with E-state index in [-0.39, 0.29) is 5.82 Å². The number of hydrogen-bond donors (Lipinski definition) is 1. The van der Waals surface area contributed by atoms with E-state index < -0.39 is 0 Å². The van der Waals surface area contributed by atoms with E-state index in [9.17, 15) is 4.39 Å². The van der Waals surface area contributed by atoms with Crippen LogP contribution in [0.4, 0.5) is 16.2 Å². The number of rotatable bonds is 3. The van der Waals surface area contributed by atoms with Gasteiger partial charge in [0.2, 0.25) is 5.95 Å². The number of aromatic nitrogens is 4. The van der Waals surface area contributed by atoms with Gasteiger partial charge in [-0.15, -0.1) is 5.10 Å². The molecule has 0 aliphatic carbocycles. The zero-order valence-electron chi connectivity index (χ0n) is 16.1. The molecule has 2 aromatic carbocycles. The second-order valence-electron chi connectivity index (χ2n) is 7.41. The highest BCUT2D eigenvalue weighted by molar-refractivity contribution is 5.99. The molecule has 146 valence electrons. The van der Waals surface area contributed by atoms with Gasteiger partial charge in [0.1, 0.15) is 11.6 Å². The fourth-order valence-electron chi connectivity index (χ4n) is 3.86. The fraction of sp³-hybridized carbons (Fsp3) is 0.227. The van der Waals surface area contributed by atoms with E-state index in [1.54, 1.807) is 12.1 Å². The van der Waals surface area contributed by atoms with Gasteiger partial charge in [0, 0.05) is 18.7 Å². The summed E-state index contributed by atoms with van der Waals surface area (Å²) >= 11 is 0.